The molecular formula is C16H18N2O2. The SMILES string of the molecule is COc1ccc2c(c1)CC(O)(c1cccnc1N)CC2. The predicted molar refractivity (Wildman–Crippen MR) is 77.6 cm³/mol. The lowest BCUT2D eigenvalue weighted by Gasteiger charge is -2.34. The van der Waals surface area contributed by atoms with Crippen molar-refractivity contribution in [3.8, 4) is 5.75 Å². The summed E-state index contributed by atoms with van der Waals surface area (Å²) in [5.74, 6) is 1.22. The molecule has 0 saturated carbocycles. The number of methoxy groups -OCH3 is 1. The van der Waals surface area contributed by atoms with E-state index in [2.05, 4.69) is 11.1 Å². The number of hydrogen-bond acceptors (Lipinski definition) is 4. The fraction of sp³-hybridized carbons (Fsp3) is 0.312. The zero-order valence-electron chi connectivity index (χ0n) is 11.5. The standard InChI is InChI=1S/C16H18N2O2/c1-20-13-5-4-11-6-7-16(19,10-12(11)9-13)14-3-2-8-18-15(14)17/h2-5,8-9,19H,6-7,10H2,1H3,(H2,17,18). The van der Waals surface area contributed by atoms with Crippen LogP contribution in [0.5, 0.6) is 5.75 Å². The number of fused-ring (bicyclic) bond motifs is 1. The van der Waals surface area contributed by atoms with Crippen LogP contribution in [0.1, 0.15) is 23.1 Å². The Balaban J connectivity index is 2.00. The van der Waals surface area contributed by atoms with Crippen molar-refractivity contribution in [3.63, 3.8) is 0 Å². The summed E-state index contributed by atoms with van der Waals surface area (Å²) in [4.78, 5) is 4.08. The molecule has 1 unspecified atom stereocenters. The summed E-state index contributed by atoms with van der Waals surface area (Å²) in [6, 6.07) is 9.69. The maximum atomic E-state index is 11.0. The van der Waals surface area contributed by atoms with Crippen molar-refractivity contribution in [1.82, 2.24) is 4.98 Å². The van der Waals surface area contributed by atoms with E-state index in [9.17, 15) is 5.11 Å². The van der Waals surface area contributed by atoms with E-state index in [1.165, 1.54) is 5.56 Å². The van der Waals surface area contributed by atoms with Gasteiger partial charge in [0.15, 0.2) is 0 Å². The topological polar surface area (TPSA) is 68.4 Å². The second-order valence-corrected chi connectivity index (χ2v) is 5.28. The van der Waals surface area contributed by atoms with Crippen LogP contribution in [0.25, 0.3) is 0 Å². The molecule has 0 amide bonds. The van der Waals surface area contributed by atoms with Gasteiger partial charge in [0, 0.05) is 18.2 Å². The summed E-state index contributed by atoms with van der Waals surface area (Å²) in [7, 11) is 1.65. The molecule has 0 aliphatic heterocycles. The maximum Gasteiger partial charge on any atom is 0.129 e. The van der Waals surface area contributed by atoms with Crippen molar-refractivity contribution in [3.05, 3.63) is 53.2 Å². The van der Waals surface area contributed by atoms with Crippen LogP contribution < -0.4 is 10.5 Å². The molecule has 1 aliphatic carbocycles. The molecule has 3 rings (SSSR count). The number of aromatic nitrogens is 1. The number of aryl methyl sites for hydroxylation is 1. The molecule has 1 heterocycles. The molecule has 0 radical (unpaired) electrons. The molecule has 104 valence electrons. The summed E-state index contributed by atoms with van der Waals surface area (Å²) in [5, 5.41) is 11.0. The number of pyridine rings is 1. The Bertz CT molecular complexity index is 642. The molecule has 20 heavy (non-hydrogen) atoms. The lowest BCUT2D eigenvalue weighted by Crippen LogP contribution is -2.34. The zero-order chi connectivity index (χ0) is 14.2. The monoisotopic (exact) mass is 270 g/mol. The summed E-state index contributed by atoms with van der Waals surface area (Å²) in [5.41, 5.74) is 8.06. The molecule has 0 fully saturated rings. The minimum Gasteiger partial charge on any atom is -0.497 e. The highest BCUT2D eigenvalue weighted by molar-refractivity contribution is 5.47. The summed E-state index contributed by atoms with van der Waals surface area (Å²) in [6.07, 6.45) is 3.66. The van der Waals surface area contributed by atoms with Gasteiger partial charge in [0.1, 0.15) is 11.6 Å². The molecule has 0 saturated heterocycles. The van der Waals surface area contributed by atoms with Crippen molar-refractivity contribution in [2.45, 2.75) is 24.9 Å². The predicted octanol–water partition coefficient (Wildman–Crippen LogP) is 2.05. The van der Waals surface area contributed by atoms with Gasteiger partial charge >= 0.3 is 0 Å². The van der Waals surface area contributed by atoms with Crippen LogP contribution in [-0.2, 0) is 18.4 Å². The molecule has 4 nitrogen and oxygen atoms in total. The van der Waals surface area contributed by atoms with Crippen LogP contribution in [0, 0.1) is 0 Å². The summed E-state index contributed by atoms with van der Waals surface area (Å²) < 4.78 is 5.26. The number of aliphatic hydroxyl groups is 1. The first-order valence-corrected chi connectivity index (χ1v) is 6.71. The van der Waals surface area contributed by atoms with Gasteiger partial charge in [-0.2, -0.15) is 0 Å². The van der Waals surface area contributed by atoms with E-state index in [-0.39, 0.29) is 0 Å². The first-order valence-electron chi connectivity index (χ1n) is 6.71. The van der Waals surface area contributed by atoms with Gasteiger partial charge in [-0.25, -0.2) is 4.98 Å². The number of anilines is 1. The van der Waals surface area contributed by atoms with Crippen LogP contribution >= 0.6 is 0 Å². The number of hydrogen-bond donors (Lipinski definition) is 2. The highest BCUT2D eigenvalue weighted by Gasteiger charge is 2.35. The molecule has 3 N–H and O–H groups in total. The van der Waals surface area contributed by atoms with Crippen LogP contribution in [0.15, 0.2) is 36.5 Å². The van der Waals surface area contributed by atoms with E-state index in [1.807, 2.05) is 24.3 Å². The van der Waals surface area contributed by atoms with Crippen molar-refractivity contribution in [2.24, 2.45) is 0 Å². The normalized spacial score (nSPS) is 21.3. The van der Waals surface area contributed by atoms with Crippen LogP contribution in [0.2, 0.25) is 0 Å². The van der Waals surface area contributed by atoms with E-state index in [1.54, 1.807) is 13.3 Å². The minimum atomic E-state index is -0.947. The zero-order valence-corrected chi connectivity index (χ0v) is 11.5. The molecule has 1 aromatic heterocycles. The average molecular weight is 270 g/mol. The van der Waals surface area contributed by atoms with Gasteiger partial charge in [0.25, 0.3) is 0 Å². The Morgan fingerprint density at radius 1 is 1.30 bits per heavy atom. The third-order valence-corrected chi connectivity index (χ3v) is 4.04. The number of nitrogens with two attached hydrogens (primary N) is 1. The second kappa shape index (κ2) is 4.80. The largest absolute Gasteiger partial charge is 0.497 e. The van der Waals surface area contributed by atoms with E-state index >= 15 is 0 Å². The highest BCUT2D eigenvalue weighted by Crippen LogP contribution is 2.39. The lowest BCUT2D eigenvalue weighted by molar-refractivity contribution is 0.0227. The van der Waals surface area contributed by atoms with Gasteiger partial charge in [-0.1, -0.05) is 12.1 Å². The molecule has 1 aliphatic rings. The van der Waals surface area contributed by atoms with E-state index in [4.69, 9.17) is 10.5 Å². The smallest absolute Gasteiger partial charge is 0.129 e. The Hall–Kier alpha value is -2.07. The molecule has 2 aromatic rings. The maximum absolute atomic E-state index is 11.0. The third-order valence-electron chi connectivity index (χ3n) is 4.04. The number of ether oxygens (including phenoxy) is 1. The quantitative estimate of drug-likeness (QED) is 0.876. The van der Waals surface area contributed by atoms with E-state index in [0.29, 0.717) is 24.2 Å². The van der Waals surface area contributed by atoms with Gasteiger partial charge < -0.3 is 15.6 Å². The first-order chi connectivity index (χ1) is 9.62. The lowest BCUT2D eigenvalue weighted by atomic mass is 9.76. The van der Waals surface area contributed by atoms with Gasteiger partial charge in [0.2, 0.25) is 0 Å². The van der Waals surface area contributed by atoms with Gasteiger partial charge in [-0.3, -0.25) is 0 Å². The van der Waals surface area contributed by atoms with Crippen LogP contribution in [-0.4, -0.2) is 17.2 Å². The number of rotatable bonds is 2. The molecule has 0 bridgehead atoms. The average Bonchev–Trinajstić information content (AvgIpc) is 2.46. The summed E-state index contributed by atoms with van der Waals surface area (Å²) in [6.45, 7) is 0. The molecule has 4 heteroatoms. The van der Waals surface area contributed by atoms with E-state index < -0.39 is 5.60 Å². The van der Waals surface area contributed by atoms with E-state index in [0.717, 1.165) is 17.7 Å². The van der Waals surface area contributed by atoms with Crippen LogP contribution in [0.4, 0.5) is 5.82 Å². The Labute approximate surface area is 118 Å². The molecule has 1 atom stereocenters. The Kier molecular flexibility index (Phi) is 3.10. The Morgan fingerprint density at radius 3 is 2.90 bits per heavy atom. The first kappa shape index (κ1) is 12.9. The number of nitrogens with zero attached hydrogens (tertiary/aromatic N) is 1. The number of nitrogen functional groups attached to an aromatic ring is 1. The number of benzene rings is 1. The van der Waals surface area contributed by atoms with Crippen molar-refractivity contribution >= 4 is 5.82 Å². The van der Waals surface area contributed by atoms with Gasteiger partial charge in [0.05, 0.1) is 12.7 Å². The second-order valence-electron chi connectivity index (χ2n) is 5.28. The van der Waals surface area contributed by atoms with Crippen molar-refractivity contribution < 1.29 is 9.84 Å². The fourth-order valence-electron chi connectivity index (χ4n) is 2.92. The van der Waals surface area contributed by atoms with Crippen LogP contribution in [0.3, 0.4) is 0 Å². The molecule has 0 spiro atoms. The molecular weight excluding hydrogens is 252 g/mol. The third kappa shape index (κ3) is 2.12. The van der Waals surface area contributed by atoms with Gasteiger partial charge in [-0.15, -0.1) is 0 Å². The minimum absolute atomic E-state index is 0.404. The van der Waals surface area contributed by atoms with Gasteiger partial charge in [-0.05, 0) is 42.2 Å². The van der Waals surface area contributed by atoms with Crippen molar-refractivity contribution in [2.75, 3.05) is 12.8 Å². The van der Waals surface area contributed by atoms with Crippen molar-refractivity contribution in [1.29, 1.82) is 0 Å². The summed E-state index contributed by atoms with van der Waals surface area (Å²) >= 11 is 0. The molecule has 1 aromatic carbocycles. The fourth-order valence-corrected chi connectivity index (χ4v) is 2.92. The highest BCUT2D eigenvalue weighted by atomic mass is 16.5. The Morgan fingerprint density at radius 2 is 2.15 bits per heavy atom.